The number of sulfonamides is 1. The minimum absolute atomic E-state index is 0.0410. The summed E-state index contributed by atoms with van der Waals surface area (Å²) in [6, 6.07) is 15.4. The van der Waals surface area contributed by atoms with Crippen molar-refractivity contribution in [3.8, 4) is 0 Å². The van der Waals surface area contributed by atoms with Crippen LogP contribution in [0, 0.1) is 0 Å². The van der Waals surface area contributed by atoms with E-state index in [-0.39, 0.29) is 22.9 Å². The molecular formula is C23H26N4O3S. The fourth-order valence-corrected chi connectivity index (χ4v) is 5.56. The average Bonchev–Trinajstić information content (AvgIpc) is 2.72. The van der Waals surface area contributed by atoms with E-state index < -0.39 is 10.0 Å². The van der Waals surface area contributed by atoms with Gasteiger partial charge in [-0.3, -0.25) is 14.5 Å². The lowest BCUT2D eigenvalue weighted by Crippen LogP contribution is -2.57. The molecule has 31 heavy (non-hydrogen) atoms. The molecule has 2 heterocycles. The number of carbonyl (C=O) groups is 1. The highest BCUT2D eigenvalue weighted by Gasteiger charge is 2.32. The molecule has 1 fully saturated rings. The van der Waals surface area contributed by atoms with E-state index in [1.54, 1.807) is 42.6 Å². The highest BCUT2D eigenvalue weighted by atomic mass is 32.2. The predicted octanol–water partition coefficient (Wildman–Crippen LogP) is 3.20. The molecule has 1 saturated heterocycles. The number of piperazine rings is 1. The van der Waals surface area contributed by atoms with Crippen molar-refractivity contribution in [1.29, 1.82) is 0 Å². The molecule has 0 saturated carbocycles. The molecule has 2 unspecified atom stereocenters. The van der Waals surface area contributed by atoms with Crippen LogP contribution < -0.4 is 4.72 Å². The van der Waals surface area contributed by atoms with Crippen LogP contribution in [0.3, 0.4) is 0 Å². The van der Waals surface area contributed by atoms with Crippen molar-refractivity contribution < 1.29 is 13.2 Å². The van der Waals surface area contributed by atoms with Gasteiger partial charge in [0.15, 0.2) is 0 Å². The van der Waals surface area contributed by atoms with Gasteiger partial charge in [-0.15, -0.1) is 0 Å². The molecule has 1 aliphatic rings. The van der Waals surface area contributed by atoms with Gasteiger partial charge < -0.3 is 9.80 Å². The maximum Gasteiger partial charge on any atom is 0.264 e. The summed E-state index contributed by atoms with van der Waals surface area (Å²) in [7, 11) is -1.77. The molecule has 2 atom stereocenters. The fraction of sp³-hybridized carbons (Fsp3) is 0.304. The van der Waals surface area contributed by atoms with E-state index in [9.17, 15) is 13.2 Å². The third-order valence-corrected chi connectivity index (χ3v) is 7.02. The van der Waals surface area contributed by atoms with E-state index in [2.05, 4.69) is 21.7 Å². The molecular weight excluding hydrogens is 412 g/mol. The van der Waals surface area contributed by atoms with E-state index in [0.717, 1.165) is 18.5 Å². The maximum absolute atomic E-state index is 13.1. The Balaban J connectivity index is 1.55. The molecule has 0 bridgehead atoms. The van der Waals surface area contributed by atoms with Crippen molar-refractivity contribution in [2.45, 2.75) is 30.8 Å². The Hall–Kier alpha value is -2.97. The first-order chi connectivity index (χ1) is 14.8. The number of anilines is 1. The second kappa shape index (κ2) is 8.28. The van der Waals surface area contributed by atoms with Gasteiger partial charge in [-0.25, -0.2) is 8.42 Å². The predicted molar refractivity (Wildman–Crippen MR) is 122 cm³/mol. The largest absolute Gasteiger partial charge is 0.331 e. The van der Waals surface area contributed by atoms with Gasteiger partial charge in [0.25, 0.3) is 15.9 Å². The molecule has 0 spiro atoms. The molecule has 1 aromatic heterocycles. The van der Waals surface area contributed by atoms with Gasteiger partial charge >= 0.3 is 0 Å². The van der Waals surface area contributed by atoms with Gasteiger partial charge in [0.05, 0.1) is 5.52 Å². The summed E-state index contributed by atoms with van der Waals surface area (Å²) in [5, 5.41) is 0.752. The number of carbonyl (C=O) groups excluding carboxylic acids is 1. The SMILES string of the molecule is CC1CN(C)CC(C)N1C(=O)c1ccc(NS(=O)(=O)c2cccc3cccnc23)cc1. The summed E-state index contributed by atoms with van der Waals surface area (Å²) in [4.78, 5) is 21.5. The van der Waals surface area contributed by atoms with E-state index >= 15 is 0 Å². The Morgan fingerprint density at radius 2 is 1.65 bits per heavy atom. The van der Waals surface area contributed by atoms with Crippen molar-refractivity contribution in [2.75, 3.05) is 24.9 Å². The van der Waals surface area contributed by atoms with Crippen molar-refractivity contribution in [3.05, 3.63) is 66.4 Å². The van der Waals surface area contributed by atoms with Crippen LogP contribution in [0.5, 0.6) is 0 Å². The van der Waals surface area contributed by atoms with Crippen LogP contribution in [0.4, 0.5) is 5.69 Å². The second-order valence-electron chi connectivity index (χ2n) is 8.15. The Labute approximate surface area is 182 Å². The van der Waals surface area contributed by atoms with Gasteiger partial charge in [0, 0.05) is 48.0 Å². The molecule has 162 valence electrons. The molecule has 3 aromatic rings. The molecule has 1 N–H and O–H groups in total. The van der Waals surface area contributed by atoms with Crippen LogP contribution in [0.15, 0.2) is 65.7 Å². The van der Waals surface area contributed by atoms with E-state index in [4.69, 9.17) is 0 Å². The zero-order chi connectivity index (χ0) is 22.2. The lowest BCUT2D eigenvalue weighted by atomic mass is 10.1. The normalized spacial score (nSPS) is 20.0. The van der Waals surface area contributed by atoms with Gasteiger partial charge in [0.2, 0.25) is 0 Å². The van der Waals surface area contributed by atoms with E-state index in [1.807, 2.05) is 30.9 Å². The lowest BCUT2D eigenvalue weighted by molar-refractivity contribution is 0.0350. The van der Waals surface area contributed by atoms with Gasteiger partial charge in [0.1, 0.15) is 4.90 Å². The number of amides is 1. The first-order valence-corrected chi connectivity index (χ1v) is 11.7. The highest BCUT2D eigenvalue weighted by molar-refractivity contribution is 7.93. The first-order valence-electron chi connectivity index (χ1n) is 10.2. The molecule has 0 aliphatic carbocycles. The van der Waals surface area contributed by atoms with Gasteiger partial charge in [-0.05, 0) is 57.3 Å². The van der Waals surface area contributed by atoms with Crippen molar-refractivity contribution in [2.24, 2.45) is 0 Å². The fourth-order valence-electron chi connectivity index (χ4n) is 4.32. The smallest absolute Gasteiger partial charge is 0.264 e. The maximum atomic E-state index is 13.1. The second-order valence-corrected chi connectivity index (χ2v) is 9.80. The van der Waals surface area contributed by atoms with Crippen molar-refractivity contribution in [3.63, 3.8) is 0 Å². The van der Waals surface area contributed by atoms with Crippen LogP contribution in [0.25, 0.3) is 10.9 Å². The van der Waals surface area contributed by atoms with Crippen LogP contribution in [-0.2, 0) is 10.0 Å². The highest BCUT2D eigenvalue weighted by Crippen LogP contribution is 2.24. The molecule has 4 rings (SSSR count). The number of nitrogens with one attached hydrogen (secondary N) is 1. The third-order valence-electron chi connectivity index (χ3n) is 5.61. The Morgan fingerprint density at radius 3 is 2.32 bits per heavy atom. The monoisotopic (exact) mass is 438 g/mol. The number of rotatable bonds is 4. The number of pyridine rings is 1. The molecule has 7 nitrogen and oxygen atoms in total. The summed E-state index contributed by atoms with van der Waals surface area (Å²) in [6.45, 7) is 5.75. The summed E-state index contributed by atoms with van der Waals surface area (Å²) < 4.78 is 28.5. The summed E-state index contributed by atoms with van der Waals surface area (Å²) in [6.07, 6.45) is 1.57. The lowest BCUT2D eigenvalue weighted by Gasteiger charge is -2.43. The molecule has 1 aliphatic heterocycles. The summed E-state index contributed by atoms with van der Waals surface area (Å²) >= 11 is 0. The number of para-hydroxylation sites is 1. The van der Waals surface area contributed by atoms with E-state index in [1.165, 1.54) is 6.07 Å². The summed E-state index contributed by atoms with van der Waals surface area (Å²) in [5.74, 6) is -0.0410. The zero-order valence-corrected chi connectivity index (χ0v) is 18.6. The van der Waals surface area contributed by atoms with Crippen LogP contribution in [-0.4, -0.2) is 61.3 Å². The van der Waals surface area contributed by atoms with Gasteiger partial charge in [-0.1, -0.05) is 18.2 Å². The standard InChI is InChI=1S/C23H26N4O3S/c1-16-14-26(3)15-17(2)27(16)23(28)19-9-11-20(12-10-19)25-31(29,30)21-8-4-6-18-7-5-13-24-22(18)21/h4-13,16-17,25H,14-15H2,1-3H3. The number of nitrogens with zero attached hydrogens (tertiary/aromatic N) is 3. The molecule has 2 aromatic carbocycles. The number of fused-ring (bicyclic) bond motifs is 1. The number of hydrogen-bond donors (Lipinski definition) is 1. The van der Waals surface area contributed by atoms with Crippen molar-refractivity contribution in [1.82, 2.24) is 14.8 Å². The topological polar surface area (TPSA) is 82.6 Å². The Morgan fingerprint density at radius 1 is 1.00 bits per heavy atom. The Kier molecular flexibility index (Phi) is 5.68. The number of likely N-dealkylation sites (N-methyl/N-ethyl adjacent to an activating group) is 1. The zero-order valence-electron chi connectivity index (χ0n) is 17.8. The average molecular weight is 439 g/mol. The number of aromatic nitrogens is 1. The van der Waals surface area contributed by atoms with Crippen LogP contribution in [0.2, 0.25) is 0 Å². The first kappa shape index (κ1) is 21.3. The molecule has 1 amide bonds. The molecule has 0 radical (unpaired) electrons. The molecule has 8 heteroatoms. The minimum Gasteiger partial charge on any atom is -0.331 e. The van der Waals surface area contributed by atoms with Crippen LogP contribution >= 0.6 is 0 Å². The quantitative estimate of drug-likeness (QED) is 0.676. The summed E-state index contributed by atoms with van der Waals surface area (Å²) in [5.41, 5.74) is 1.35. The van der Waals surface area contributed by atoms with Gasteiger partial charge in [-0.2, -0.15) is 0 Å². The Bertz CT molecular complexity index is 1190. The minimum atomic E-state index is -3.83. The van der Waals surface area contributed by atoms with E-state index in [0.29, 0.717) is 16.8 Å². The number of benzene rings is 2. The van der Waals surface area contributed by atoms with Crippen molar-refractivity contribution >= 4 is 32.5 Å². The third kappa shape index (κ3) is 4.26. The number of hydrogen-bond acceptors (Lipinski definition) is 5. The van der Waals surface area contributed by atoms with Crippen LogP contribution in [0.1, 0.15) is 24.2 Å².